The summed E-state index contributed by atoms with van der Waals surface area (Å²) in [6.07, 6.45) is 0.767. The van der Waals surface area contributed by atoms with E-state index in [0.717, 1.165) is 17.7 Å². The first kappa shape index (κ1) is 13.6. The summed E-state index contributed by atoms with van der Waals surface area (Å²) in [5.41, 5.74) is 5.05. The Balaban J connectivity index is 2.41. The van der Waals surface area contributed by atoms with Crippen LogP contribution in [0.1, 0.15) is 21.5 Å². The lowest BCUT2D eigenvalue weighted by Crippen LogP contribution is -2.11. The van der Waals surface area contributed by atoms with E-state index in [9.17, 15) is 4.79 Å². The van der Waals surface area contributed by atoms with E-state index in [4.69, 9.17) is 11.6 Å². The molecule has 3 heteroatoms. The Morgan fingerprint density at radius 3 is 2.42 bits per heavy atom. The lowest BCUT2D eigenvalue weighted by molar-refractivity contribution is 0.112. The van der Waals surface area contributed by atoms with Crippen LogP contribution in [-0.2, 0) is 0 Å². The van der Waals surface area contributed by atoms with E-state index in [1.807, 2.05) is 19.2 Å². The SMILES string of the molecule is Cc1ccc(N(C)c2ccc(C=O)c(Cl)c2)c(C)c1. The maximum atomic E-state index is 10.8. The molecule has 0 aromatic heterocycles. The van der Waals surface area contributed by atoms with Crippen LogP contribution >= 0.6 is 11.6 Å². The molecular formula is C16H16ClNO. The van der Waals surface area contributed by atoms with E-state index in [1.165, 1.54) is 11.1 Å². The fourth-order valence-electron chi connectivity index (χ4n) is 2.14. The number of rotatable bonds is 3. The van der Waals surface area contributed by atoms with Crippen molar-refractivity contribution in [2.75, 3.05) is 11.9 Å². The molecule has 0 aliphatic carbocycles. The first-order chi connectivity index (χ1) is 9.02. The topological polar surface area (TPSA) is 20.3 Å². The predicted octanol–water partition coefficient (Wildman–Crippen LogP) is 4.54. The first-order valence-electron chi connectivity index (χ1n) is 6.08. The Bertz CT molecular complexity index is 622. The molecule has 0 amide bonds. The Labute approximate surface area is 118 Å². The molecule has 98 valence electrons. The number of hydrogen-bond acceptors (Lipinski definition) is 2. The van der Waals surface area contributed by atoms with Crippen molar-refractivity contribution < 1.29 is 4.79 Å². The maximum absolute atomic E-state index is 10.8. The van der Waals surface area contributed by atoms with Gasteiger partial charge in [0, 0.05) is 24.0 Å². The normalized spacial score (nSPS) is 10.3. The van der Waals surface area contributed by atoms with Gasteiger partial charge in [-0.2, -0.15) is 0 Å². The van der Waals surface area contributed by atoms with Gasteiger partial charge in [0.05, 0.1) is 5.02 Å². The summed E-state index contributed by atoms with van der Waals surface area (Å²) in [5, 5.41) is 0.476. The summed E-state index contributed by atoms with van der Waals surface area (Å²) in [7, 11) is 1.99. The van der Waals surface area contributed by atoms with Gasteiger partial charge in [0.1, 0.15) is 0 Å². The van der Waals surface area contributed by atoms with Crippen molar-refractivity contribution in [3.05, 3.63) is 58.1 Å². The second kappa shape index (κ2) is 5.45. The number of carbonyl (C=O) groups excluding carboxylic acids is 1. The lowest BCUT2D eigenvalue weighted by atomic mass is 10.1. The van der Waals surface area contributed by atoms with Gasteiger partial charge in [0.15, 0.2) is 6.29 Å². The largest absolute Gasteiger partial charge is 0.344 e. The second-order valence-corrected chi connectivity index (χ2v) is 5.08. The van der Waals surface area contributed by atoms with Crippen molar-refractivity contribution in [1.82, 2.24) is 0 Å². The van der Waals surface area contributed by atoms with E-state index in [0.29, 0.717) is 10.6 Å². The summed E-state index contributed by atoms with van der Waals surface area (Å²) in [6, 6.07) is 11.8. The fourth-order valence-corrected chi connectivity index (χ4v) is 2.36. The Morgan fingerprint density at radius 2 is 1.84 bits per heavy atom. The molecule has 19 heavy (non-hydrogen) atoms. The molecule has 2 aromatic carbocycles. The molecule has 0 aliphatic rings. The number of aldehydes is 1. The fraction of sp³-hybridized carbons (Fsp3) is 0.188. The Morgan fingerprint density at radius 1 is 1.11 bits per heavy atom. The third kappa shape index (κ3) is 2.79. The highest BCUT2D eigenvalue weighted by Crippen LogP contribution is 2.30. The zero-order valence-electron chi connectivity index (χ0n) is 11.3. The standard InChI is InChI=1S/C16H16ClNO/c1-11-4-7-16(12(2)8-11)18(3)14-6-5-13(10-19)15(17)9-14/h4-10H,1-3H3. The molecule has 0 unspecified atom stereocenters. The molecule has 0 fully saturated rings. The predicted molar refractivity (Wildman–Crippen MR) is 80.8 cm³/mol. The smallest absolute Gasteiger partial charge is 0.151 e. The molecule has 0 radical (unpaired) electrons. The Hall–Kier alpha value is -1.80. The van der Waals surface area contributed by atoms with E-state index in [2.05, 4.69) is 36.9 Å². The average Bonchev–Trinajstić information content (AvgIpc) is 2.38. The number of benzene rings is 2. The van der Waals surface area contributed by atoms with Crippen LogP contribution in [0.15, 0.2) is 36.4 Å². The molecule has 0 saturated heterocycles. The van der Waals surface area contributed by atoms with Crippen molar-refractivity contribution in [3.63, 3.8) is 0 Å². The number of nitrogens with zero attached hydrogens (tertiary/aromatic N) is 1. The van der Waals surface area contributed by atoms with E-state index >= 15 is 0 Å². The third-order valence-corrected chi connectivity index (χ3v) is 3.54. The van der Waals surface area contributed by atoms with Crippen molar-refractivity contribution in [1.29, 1.82) is 0 Å². The minimum absolute atomic E-state index is 0.476. The number of carbonyl (C=O) groups is 1. The minimum atomic E-state index is 0.476. The van der Waals surface area contributed by atoms with Crippen LogP contribution in [0.5, 0.6) is 0 Å². The molecule has 2 rings (SSSR count). The molecule has 0 aliphatic heterocycles. The van der Waals surface area contributed by atoms with Crippen LogP contribution in [0.3, 0.4) is 0 Å². The summed E-state index contributed by atoms with van der Waals surface area (Å²) in [6.45, 7) is 4.16. The second-order valence-electron chi connectivity index (χ2n) is 4.67. The van der Waals surface area contributed by atoms with Crippen LogP contribution in [0.2, 0.25) is 5.02 Å². The number of hydrogen-bond donors (Lipinski definition) is 0. The van der Waals surface area contributed by atoms with Gasteiger partial charge in [-0.3, -0.25) is 4.79 Å². The van der Waals surface area contributed by atoms with Crippen LogP contribution < -0.4 is 4.90 Å². The van der Waals surface area contributed by atoms with Crippen LogP contribution in [-0.4, -0.2) is 13.3 Å². The minimum Gasteiger partial charge on any atom is -0.344 e. The summed E-state index contributed by atoms with van der Waals surface area (Å²) in [4.78, 5) is 12.8. The van der Waals surface area contributed by atoms with Gasteiger partial charge < -0.3 is 4.90 Å². The highest BCUT2D eigenvalue weighted by atomic mass is 35.5. The molecule has 0 spiro atoms. The molecule has 2 aromatic rings. The molecule has 0 atom stereocenters. The van der Waals surface area contributed by atoms with Crippen LogP contribution in [0.25, 0.3) is 0 Å². The van der Waals surface area contributed by atoms with E-state index in [1.54, 1.807) is 6.07 Å². The zero-order chi connectivity index (χ0) is 14.0. The number of halogens is 1. The lowest BCUT2D eigenvalue weighted by Gasteiger charge is -2.22. The van der Waals surface area contributed by atoms with Gasteiger partial charge in [-0.25, -0.2) is 0 Å². The first-order valence-corrected chi connectivity index (χ1v) is 6.46. The van der Waals surface area contributed by atoms with Gasteiger partial charge in [0.25, 0.3) is 0 Å². The molecular weight excluding hydrogens is 258 g/mol. The van der Waals surface area contributed by atoms with Crippen LogP contribution in [0, 0.1) is 13.8 Å². The summed E-state index contributed by atoms with van der Waals surface area (Å²) < 4.78 is 0. The number of anilines is 2. The molecule has 0 heterocycles. The van der Waals surface area contributed by atoms with E-state index < -0.39 is 0 Å². The zero-order valence-corrected chi connectivity index (χ0v) is 12.0. The van der Waals surface area contributed by atoms with Crippen molar-refractivity contribution in [2.24, 2.45) is 0 Å². The van der Waals surface area contributed by atoms with Gasteiger partial charge in [0.2, 0.25) is 0 Å². The molecule has 2 nitrogen and oxygen atoms in total. The van der Waals surface area contributed by atoms with Gasteiger partial charge in [-0.15, -0.1) is 0 Å². The van der Waals surface area contributed by atoms with Gasteiger partial charge >= 0.3 is 0 Å². The summed E-state index contributed by atoms with van der Waals surface area (Å²) >= 11 is 6.07. The molecule has 0 N–H and O–H groups in total. The Kier molecular flexibility index (Phi) is 3.91. The van der Waals surface area contributed by atoms with E-state index in [-0.39, 0.29) is 0 Å². The monoisotopic (exact) mass is 273 g/mol. The molecule has 0 bridgehead atoms. The highest BCUT2D eigenvalue weighted by Gasteiger charge is 2.09. The summed E-state index contributed by atoms with van der Waals surface area (Å²) in [5.74, 6) is 0. The van der Waals surface area contributed by atoms with Gasteiger partial charge in [-0.1, -0.05) is 29.3 Å². The molecule has 0 saturated carbocycles. The van der Waals surface area contributed by atoms with Gasteiger partial charge in [-0.05, 0) is 43.7 Å². The average molecular weight is 274 g/mol. The highest BCUT2D eigenvalue weighted by molar-refractivity contribution is 6.33. The van der Waals surface area contributed by atoms with Crippen molar-refractivity contribution >= 4 is 29.3 Å². The number of aryl methyl sites for hydroxylation is 2. The third-order valence-electron chi connectivity index (χ3n) is 3.21. The van der Waals surface area contributed by atoms with Crippen LogP contribution in [0.4, 0.5) is 11.4 Å². The maximum Gasteiger partial charge on any atom is 0.151 e. The van der Waals surface area contributed by atoms with Crippen molar-refractivity contribution in [3.8, 4) is 0 Å². The quantitative estimate of drug-likeness (QED) is 0.766. The van der Waals surface area contributed by atoms with Crippen molar-refractivity contribution in [2.45, 2.75) is 13.8 Å².